The molecule has 0 atom stereocenters. The van der Waals surface area contributed by atoms with Crippen LogP contribution in [0.2, 0.25) is 0 Å². The first kappa shape index (κ1) is 15.3. The summed E-state index contributed by atoms with van der Waals surface area (Å²) in [5.74, 6) is 2.44. The zero-order valence-corrected chi connectivity index (χ0v) is 14.2. The minimum atomic E-state index is 1.03. The summed E-state index contributed by atoms with van der Waals surface area (Å²) < 4.78 is 2.43. The molecule has 0 fully saturated rings. The minimum Gasteiger partial charge on any atom is -0.327 e. The number of imidazole rings is 1. The number of aromatic nitrogens is 3. The van der Waals surface area contributed by atoms with Crippen molar-refractivity contribution < 1.29 is 0 Å². The minimum absolute atomic E-state index is 1.03. The van der Waals surface area contributed by atoms with Gasteiger partial charge in [-0.2, -0.15) is 11.8 Å². The van der Waals surface area contributed by atoms with Gasteiger partial charge in [-0.25, -0.2) is 4.98 Å². The smallest absolute Gasteiger partial charge is 0.109 e. The van der Waals surface area contributed by atoms with Crippen molar-refractivity contribution in [2.75, 3.05) is 12.0 Å². The molecule has 1 aromatic carbocycles. The molecule has 3 nitrogen and oxygen atoms in total. The standard InChI is InChI=1S/C18H23N3S/c1-3-8-17-20-16-13-19-15-10-5-4-9-14(15)18(16)21(17)11-6-7-12-22-2/h4-5,9-10,13H,3,6-8,11-12H2,1-2H3. The van der Waals surface area contributed by atoms with Gasteiger partial charge in [-0.3, -0.25) is 4.98 Å². The first-order chi connectivity index (χ1) is 10.8. The molecule has 0 unspecified atom stereocenters. The zero-order valence-electron chi connectivity index (χ0n) is 13.4. The molecule has 0 aliphatic rings. The third-order valence-corrected chi connectivity index (χ3v) is 4.71. The van der Waals surface area contributed by atoms with Crippen LogP contribution >= 0.6 is 11.8 Å². The summed E-state index contributed by atoms with van der Waals surface area (Å²) in [6.07, 6.45) is 8.73. The predicted octanol–water partition coefficient (Wildman–Crippen LogP) is 4.68. The van der Waals surface area contributed by atoms with E-state index in [1.807, 2.05) is 24.0 Å². The average Bonchev–Trinajstić information content (AvgIpc) is 2.90. The van der Waals surface area contributed by atoms with Crippen molar-refractivity contribution in [1.82, 2.24) is 14.5 Å². The zero-order chi connectivity index (χ0) is 15.4. The molecule has 0 saturated carbocycles. The van der Waals surface area contributed by atoms with Crippen LogP contribution in [0.5, 0.6) is 0 Å². The highest BCUT2D eigenvalue weighted by Gasteiger charge is 2.13. The lowest BCUT2D eigenvalue weighted by molar-refractivity contribution is 0.615. The molecule has 0 N–H and O–H groups in total. The van der Waals surface area contributed by atoms with Crippen LogP contribution in [0.4, 0.5) is 0 Å². The molecule has 0 saturated heterocycles. The summed E-state index contributed by atoms with van der Waals surface area (Å²) in [7, 11) is 0. The van der Waals surface area contributed by atoms with Gasteiger partial charge in [-0.05, 0) is 37.3 Å². The molecular formula is C18H23N3S. The van der Waals surface area contributed by atoms with Crippen molar-refractivity contribution in [2.45, 2.75) is 39.2 Å². The Morgan fingerprint density at radius 1 is 1.14 bits per heavy atom. The van der Waals surface area contributed by atoms with Crippen LogP contribution in [-0.2, 0) is 13.0 Å². The second-order valence-electron chi connectivity index (χ2n) is 5.64. The molecule has 4 heteroatoms. The second kappa shape index (κ2) is 7.14. The molecule has 0 bridgehead atoms. The van der Waals surface area contributed by atoms with E-state index in [0.29, 0.717) is 0 Å². The monoisotopic (exact) mass is 313 g/mol. The van der Waals surface area contributed by atoms with Crippen molar-refractivity contribution in [1.29, 1.82) is 0 Å². The predicted molar refractivity (Wildman–Crippen MR) is 96.6 cm³/mol. The molecule has 0 amide bonds. The summed E-state index contributed by atoms with van der Waals surface area (Å²) in [5.41, 5.74) is 3.36. The van der Waals surface area contributed by atoms with Gasteiger partial charge in [-0.15, -0.1) is 0 Å². The van der Waals surface area contributed by atoms with Crippen LogP contribution in [0.1, 0.15) is 32.0 Å². The molecule has 0 spiro atoms. The van der Waals surface area contributed by atoms with E-state index >= 15 is 0 Å². The second-order valence-corrected chi connectivity index (χ2v) is 6.62. The fraction of sp³-hybridized carbons (Fsp3) is 0.444. The molecule has 0 aliphatic heterocycles. The number of pyridine rings is 1. The largest absolute Gasteiger partial charge is 0.327 e. The van der Waals surface area contributed by atoms with Crippen LogP contribution in [0.3, 0.4) is 0 Å². The summed E-state index contributed by atoms with van der Waals surface area (Å²) >= 11 is 1.92. The maximum atomic E-state index is 4.85. The van der Waals surface area contributed by atoms with E-state index in [-0.39, 0.29) is 0 Å². The molecule has 3 aromatic rings. The van der Waals surface area contributed by atoms with Crippen LogP contribution in [0, 0.1) is 0 Å². The Balaban J connectivity index is 2.07. The number of aryl methyl sites for hydroxylation is 2. The highest BCUT2D eigenvalue weighted by Crippen LogP contribution is 2.25. The Morgan fingerprint density at radius 2 is 2.00 bits per heavy atom. The van der Waals surface area contributed by atoms with E-state index in [2.05, 4.69) is 40.9 Å². The molecule has 3 rings (SSSR count). The lowest BCUT2D eigenvalue weighted by Crippen LogP contribution is -2.04. The third-order valence-electron chi connectivity index (χ3n) is 4.01. The topological polar surface area (TPSA) is 30.7 Å². The fourth-order valence-electron chi connectivity index (χ4n) is 2.98. The van der Waals surface area contributed by atoms with Crippen molar-refractivity contribution >= 4 is 33.7 Å². The van der Waals surface area contributed by atoms with Gasteiger partial charge in [0.2, 0.25) is 0 Å². The molecule has 2 heterocycles. The number of hydrogen-bond donors (Lipinski definition) is 0. The van der Waals surface area contributed by atoms with E-state index < -0.39 is 0 Å². The maximum Gasteiger partial charge on any atom is 0.109 e. The van der Waals surface area contributed by atoms with Crippen molar-refractivity contribution in [3.05, 3.63) is 36.3 Å². The van der Waals surface area contributed by atoms with Gasteiger partial charge in [0.15, 0.2) is 0 Å². The Morgan fingerprint density at radius 3 is 2.82 bits per heavy atom. The van der Waals surface area contributed by atoms with Gasteiger partial charge in [0.25, 0.3) is 0 Å². The van der Waals surface area contributed by atoms with Gasteiger partial charge in [0.05, 0.1) is 17.2 Å². The summed E-state index contributed by atoms with van der Waals surface area (Å²) in [6.45, 7) is 3.27. The summed E-state index contributed by atoms with van der Waals surface area (Å²) in [5, 5.41) is 1.22. The highest BCUT2D eigenvalue weighted by molar-refractivity contribution is 7.98. The Labute approximate surface area is 136 Å². The van der Waals surface area contributed by atoms with Crippen LogP contribution in [-0.4, -0.2) is 26.5 Å². The quantitative estimate of drug-likeness (QED) is 0.593. The van der Waals surface area contributed by atoms with E-state index in [9.17, 15) is 0 Å². The Kier molecular flexibility index (Phi) is 4.98. The molecule has 22 heavy (non-hydrogen) atoms. The van der Waals surface area contributed by atoms with E-state index in [4.69, 9.17) is 4.98 Å². The van der Waals surface area contributed by atoms with Gasteiger partial charge in [0.1, 0.15) is 11.3 Å². The first-order valence-electron chi connectivity index (χ1n) is 8.07. The number of nitrogens with zero attached hydrogens (tertiary/aromatic N) is 3. The molecule has 116 valence electrons. The summed E-state index contributed by atoms with van der Waals surface area (Å²) in [4.78, 5) is 9.40. The van der Waals surface area contributed by atoms with Crippen LogP contribution in [0.25, 0.3) is 21.9 Å². The van der Waals surface area contributed by atoms with Gasteiger partial charge >= 0.3 is 0 Å². The highest BCUT2D eigenvalue weighted by atomic mass is 32.2. The van der Waals surface area contributed by atoms with Crippen molar-refractivity contribution in [2.24, 2.45) is 0 Å². The SMILES string of the molecule is CCCc1nc2cnc3ccccc3c2n1CCCCSC. The van der Waals surface area contributed by atoms with E-state index in [1.165, 1.54) is 35.3 Å². The Hall–Kier alpha value is -1.55. The molecular weight excluding hydrogens is 290 g/mol. The summed E-state index contributed by atoms with van der Waals surface area (Å²) in [6, 6.07) is 8.39. The maximum absolute atomic E-state index is 4.85. The molecule has 0 aliphatic carbocycles. The number of thioether (sulfide) groups is 1. The molecule has 0 radical (unpaired) electrons. The number of para-hydroxylation sites is 1. The molecule has 2 aromatic heterocycles. The van der Waals surface area contributed by atoms with Crippen LogP contribution in [0.15, 0.2) is 30.5 Å². The first-order valence-corrected chi connectivity index (χ1v) is 9.46. The van der Waals surface area contributed by atoms with E-state index in [0.717, 1.165) is 30.4 Å². The number of benzene rings is 1. The third kappa shape index (κ3) is 2.98. The Bertz CT molecular complexity index is 763. The lowest BCUT2D eigenvalue weighted by Gasteiger charge is -2.10. The van der Waals surface area contributed by atoms with Gasteiger partial charge in [-0.1, -0.05) is 25.1 Å². The van der Waals surface area contributed by atoms with E-state index in [1.54, 1.807) is 0 Å². The normalized spacial score (nSPS) is 11.5. The fourth-order valence-corrected chi connectivity index (χ4v) is 3.47. The van der Waals surface area contributed by atoms with Crippen LogP contribution < -0.4 is 0 Å². The number of unbranched alkanes of at least 4 members (excludes halogenated alkanes) is 1. The number of hydrogen-bond acceptors (Lipinski definition) is 3. The number of fused-ring (bicyclic) bond motifs is 3. The van der Waals surface area contributed by atoms with Gasteiger partial charge in [0, 0.05) is 18.4 Å². The van der Waals surface area contributed by atoms with Crippen molar-refractivity contribution in [3.63, 3.8) is 0 Å². The lowest BCUT2D eigenvalue weighted by atomic mass is 10.2. The van der Waals surface area contributed by atoms with Crippen molar-refractivity contribution in [3.8, 4) is 0 Å². The average molecular weight is 313 g/mol. The number of rotatable bonds is 7. The van der Waals surface area contributed by atoms with Gasteiger partial charge < -0.3 is 4.57 Å².